The number of rotatable bonds is 11. The summed E-state index contributed by atoms with van der Waals surface area (Å²) < 4.78 is 10.4. The Bertz CT molecular complexity index is 426. The predicted molar refractivity (Wildman–Crippen MR) is 86.5 cm³/mol. The van der Waals surface area contributed by atoms with Crippen LogP contribution in [0.3, 0.4) is 0 Å². The van der Waals surface area contributed by atoms with Crippen molar-refractivity contribution in [1.29, 1.82) is 0 Å². The Morgan fingerprint density at radius 3 is 2.14 bits per heavy atom. The van der Waals surface area contributed by atoms with Crippen molar-refractivity contribution in [3.05, 3.63) is 23.8 Å². The number of ketones is 1. The van der Waals surface area contributed by atoms with Crippen molar-refractivity contribution in [3.8, 4) is 11.5 Å². The molecule has 0 saturated carbocycles. The first-order valence-corrected chi connectivity index (χ1v) is 7.98. The van der Waals surface area contributed by atoms with Crippen LogP contribution in [0.4, 0.5) is 0 Å². The van der Waals surface area contributed by atoms with Crippen molar-refractivity contribution in [2.24, 2.45) is 0 Å². The number of hydrogen-bond donors (Lipinski definition) is 0. The monoisotopic (exact) mass is 292 g/mol. The second-order valence-electron chi connectivity index (χ2n) is 5.36. The summed E-state index contributed by atoms with van der Waals surface area (Å²) in [6.45, 7) is 2.22. The molecule has 0 heterocycles. The number of carbonyl (C=O) groups is 1. The maximum Gasteiger partial charge on any atom is 0.163 e. The highest BCUT2D eigenvalue weighted by Gasteiger charge is 2.10. The molecule has 21 heavy (non-hydrogen) atoms. The molecule has 0 aliphatic carbocycles. The van der Waals surface area contributed by atoms with E-state index in [4.69, 9.17) is 9.47 Å². The molecule has 0 spiro atoms. The lowest BCUT2D eigenvalue weighted by atomic mass is 10.0. The summed E-state index contributed by atoms with van der Waals surface area (Å²) in [5.41, 5.74) is 0.707. The average molecular weight is 292 g/mol. The van der Waals surface area contributed by atoms with Gasteiger partial charge in [-0.2, -0.15) is 0 Å². The van der Waals surface area contributed by atoms with E-state index in [9.17, 15) is 4.79 Å². The van der Waals surface area contributed by atoms with Gasteiger partial charge in [-0.05, 0) is 24.6 Å². The summed E-state index contributed by atoms with van der Waals surface area (Å²) in [6, 6.07) is 5.37. The molecule has 3 nitrogen and oxygen atoms in total. The van der Waals surface area contributed by atoms with Gasteiger partial charge in [-0.1, -0.05) is 45.4 Å². The normalized spacial score (nSPS) is 10.4. The van der Waals surface area contributed by atoms with E-state index in [1.54, 1.807) is 26.4 Å². The number of hydrogen-bond acceptors (Lipinski definition) is 3. The Morgan fingerprint density at radius 1 is 0.905 bits per heavy atom. The molecule has 0 aromatic heterocycles. The first-order chi connectivity index (χ1) is 10.2. The lowest BCUT2D eigenvalue weighted by Gasteiger charge is -2.09. The molecule has 3 heteroatoms. The third kappa shape index (κ3) is 6.19. The van der Waals surface area contributed by atoms with Crippen LogP contribution in [0.15, 0.2) is 18.2 Å². The Kier molecular flexibility index (Phi) is 8.56. The fraction of sp³-hybridized carbons (Fsp3) is 0.611. The second kappa shape index (κ2) is 10.3. The number of methoxy groups -OCH3 is 2. The van der Waals surface area contributed by atoms with Gasteiger partial charge in [-0.3, -0.25) is 4.79 Å². The summed E-state index contributed by atoms with van der Waals surface area (Å²) in [5, 5.41) is 0. The van der Waals surface area contributed by atoms with Crippen molar-refractivity contribution in [2.45, 2.75) is 58.3 Å². The molecular weight excluding hydrogens is 264 g/mol. The molecule has 1 aromatic carbocycles. The summed E-state index contributed by atoms with van der Waals surface area (Å²) in [6.07, 6.45) is 9.17. The summed E-state index contributed by atoms with van der Waals surface area (Å²) >= 11 is 0. The topological polar surface area (TPSA) is 35.5 Å². The molecule has 0 aliphatic rings. The standard InChI is InChI=1S/C18H28O3/c1-4-5-6-7-8-9-10-11-16(19)15-12-13-17(20-2)18(14-15)21-3/h12-14H,4-11H2,1-3H3. The van der Waals surface area contributed by atoms with Crippen molar-refractivity contribution in [1.82, 2.24) is 0 Å². The highest BCUT2D eigenvalue weighted by molar-refractivity contribution is 5.96. The van der Waals surface area contributed by atoms with Crippen molar-refractivity contribution in [3.63, 3.8) is 0 Å². The van der Waals surface area contributed by atoms with Gasteiger partial charge in [0.1, 0.15) is 0 Å². The molecule has 0 aliphatic heterocycles. The fourth-order valence-corrected chi connectivity index (χ4v) is 2.40. The predicted octanol–water partition coefficient (Wildman–Crippen LogP) is 5.03. The molecule has 1 aromatic rings. The van der Waals surface area contributed by atoms with E-state index >= 15 is 0 Å². The Labute approximate surface area is 128 Å². The van der Waals surface area contributed by atoms with Gasteiger partial charge < -0.3 is 9.47 Å². The van der Waals surface area contributed by atoms with Gasteiger partial charge in [-0.15, -0.1) is 0 Å². The van der Waals surface area contributed by atoms with E-state index in [1.165, 1.54) is 32.1 Å². The highest BCUT2D eigenvalue weighted by atomic mass is 16.5. The summed E-state index contributed by atoms with van der Waals surface area (Å²) in [4.78, 5) is 12.2. The summed E-state index contributed by atoms with van der Waals surface area (Å²) in [7, 11) is 3.18. The van der Waals surface area contributed by atoms with E-state index in [1.807, 2.05) is 6.07 Å². The lowest BCUT2D eigenvalue weighted by molar-refractivity contribution is 0.0978. The third-order valence-electron chi connectivity index (χ3n) is 3.71. The lowest BCUT2D eigenvalue weighted by Crippen LogP contribution is -2.00. The zero-order valence-electron chi connectivity index (χ0n) is 13.6. The molecule has 0 bridgehead atoms. The number of Topliss-reactive ketones (excluding diaryl/α,β-unsaturated/α-hetero) is 1. The van der Waals surface area contributed by atoms with E-state index in [0.29, 0.717) is 23.5 Å². The zero-order valence-corrected chi connectivity index (χ0v) is 13.6. The maximum atomic E-state index is 12.2. The quantitative estimate of drug-likeness (QED) is 0.424. The van der Waals surface area contributed by atoms with Gasteiger partial charge in [0, 0.05) is 12.0 Å². The molecule has 1 rings (SSSR count). The van der Waals surface area contributed by atoms with Gasteiger partial charge in [0.15, 0.2) is 17.3 Å². The highest BCUT2D eigenvalue weighted by Crippen LogP contribution is 2.28. The first kappa shape index (κ1) is 17.5. The molecule has 0 saturated heterocycles. The van der Waals surface area contributed by atoms with E-state index in [2.05, 4.69) is 6.92 Å². The minimum atomic E-state index is 0.185. The SMILES string of the molecule is CCCCCCCCCC(=O)c1ccc(OC)c(OC)c1. The molecule has 0 amide bonds. The maximum absolute atomic E-state index is 12.2. The molecule has 0 radical (unpaired) electrons. The average Bonchev–Trinajstić information content (AvgIpc) is 2.53. The van der Waals surface area contributed by atoms with Crippen LogP contribution in [0.2, 0.25) is 0 Å². The fourth-order valence-electron chi connectivity index (χ4n) is 2.40. The Balaban J connectivity index is 2.35. The molecule has 0 atom stereocenters. The Morgan fingerprint density at radius 2 is 1.52 bits per heavy atom. The van der Waals surface area contributed by atoms with Crippen molar-refractivity contribution in [2.75, 3.05) is 14.2 Å². The van der Waals surface area contributed by atoms with Crippen LogP contribution in [0, 0.1) is 0 Å². The number of carbonyl (C=O) groups excluding carboxylic acids is 1. The molecule has 0 N–H and O–H groups in total. The molecule has 0 unspecified atom stereocenters. The molecule has 0 fully saturated rings. The van der Waals surface area contributed by atoms with E-state index in [-0.39, 0.29) is 5.78 Å². The van der Waals surface area contributed by atoms with Crippen LogP contribution < -0.4 is 9.47 Å². The zero-order chi connectivity index (χ0) is 15.5. The third-order valence-corrected chi connectivity index (χ3v) is 3.71. The second-order valence-corrected chi connectivity index (χ2v) is 5.36. The van der Waals surface area contributed by atoms with Crippen molar-refractivity contribution >= 4 is 5.78 Å². The number of benzene rings is 1. The van der Waals surface area contributed by atoms with E-state index < -0.39 is 0 Å². The van der Waals surface area contributed by atoms with Crippen LogP contribution in [0.25, 0.3) is 0 Å². The smallest absolute Gasteiger partial charge is 0.163 e. The first-order valence-electron chi connectivity index (χ1n) is 7.98. The number of ether oxygens (including phenoxy) is 2. The van der Waals surface area contributed by atoms with Crippen LogP contribution in [0.1, 0.15) is 68.6 Å². The van der Waals surface area contributed by atoms with Crippen molar-refractivity contribution < 1.29 is 14.3 Å². The van der Waals surface area contributed by atoms with Crippen LogP contribution in [0.5, 0.6) is 11.5 Å². The van der Waals surface area contributed by atoms with Gasteiger partial charge in [0.2, 0.25) is 0 Å². The minimum absolute atomic E-state index is 0.185. The van der Waals surface area contributed by atoms with E-state index in [0.717, 1.165) is 12.8 Å². The number of unbranched alkanes of at least 4 members (excludes halogenated alkanes) is 6. The largest absolute Gasteiger partial charge is 0.493 e. The van der Waals surface area contributed by atoms with Gasteiger partial charge in [-0.25, -0.2) is 0 Å². The molecule has 118 valence electrons. The Hall–Kier alpha value is -1.51. The van der Waals surface area contributed by atoms with Gasteiger partial charge in [0.05, 0.1) is 14.2 Å². The van der Waals surface area contributed by atoms with Gasteiger partial charge >= 0.3 is 0 Å². The summed E-state index contributed by atoms with van der Waals surface area (Å²) in [5.74, 6) is 1.46. The van der Waals surface area contributed by atoms with Crippen LogP contribution in [-0.4, -0.2) is 20.0 Å². The van der Waals surface area contributed by atoms with Crippen LogP contribution >= 0.6 is 0 Å². The van der Waals surface area contributed by atoms with Gasteiger partial charge in [0.25, 0.3) is 0 Å². The molecular formula is C18H28O3. The minimum Gasteiger partial charge on any atom is -0.493 e. The van der Waals surface area contributed by atoms with Crippen LogP contribution in [-0.2, 0) is 0 Å².